The van der Waals surface area contributed by atoms with E-state index in [9.17, 15) is 0 Å². The van der Waals surface area contributed by atoms with Crippen molar-refractivity contribution in [2.75, 3.05) is 0 Å². The van der Waals surface area contributed by atoms with Crippen LogP contribution in [0.3, 0.4) is 0 Å². The summed E-state index contributed by atoms with van der Waals surface area (Å²) in [5.41, 5.74) is 12.9. The van der Waals surface area contributed by atoms with Crippen LogP contribution in [0.25, 0.3) is 34.2 Å². The Morgan fingerprint density at radius 1 is 0.279 bits per heavy atom. The first-order chi connectivity index (χ1) is 20.3. The molecular formula is C36H36N6V. The van der Waals surface area contributed by atoms with E-state index >= 15 is 0 Å². The van der Waals surface area contributed by atoms with Gasteiger partial charge in [-0.2, -0.15) is 0 Å². The van der Waals surface area contributed by atoms with Gasteiger partial charge in [-0.25, -0.2) is 0 Å². The molecule has 0 spiro atoms. The Kier molecular flexibility index (Phi) is 12.4. The van der Waals surface area contributed by atoms with Gasteiger partial charge in [-0.3, -0.25) is 29.9 Å². The van der Waals surface area contributed by atoms with E-state index in [1.807, 2.05) is 110 Å². The van der Waals surface area contributed by atoms with Crippen molar-refractivity contribution in [1.29, 1.82) is 0 Å². The number of hydrogen-bond donors (Lipinski definition) is 0. The van der Waals surface area contributed by atoms with Crippen molar-refractivity contribution >= 4 is 0 Å². The molecular weight excluding hydrogens is 567 g/mol. The topological polar surface area (TPSA) is 77.3 Å². The van der Waals surface area contributed by atoms with E-state index in [2.05, 4.69) is 71.4 Å². The number of aromatic nitrogens is 6. The maximum Gasteiger partial charge on any atom is 0.0888 e. The van der Waals surface area contributed by atoms with E-state index in [1.165, 1.54) is 33.4 Å². The first-order valence-electron chi connectivity index (χ1n) is 13.8. The molecule has 0 aliphatic carbocycles. The first kappa shape index (κ1) is 33.0. The molecule has 0 unspecified atom stereocenters. The van der Waals surface area contributed by atoms with E-state index in [0.717, 1.165) is 34.2 Å². The molecule has 6 aromatic heterocycles. The van der Waals surface area contributed by atoms with Crippen LogP contribution >= 0.6 is 0 Å². The molecule has 0 aliphatic heterocycles. The molecule has 6 heterocycles. The van der Waals surface area contributed by atoms with Crippen LogP contribution in [-0.4, -0.2) is 29.9 Å². The SMILES string of the molecule is Cc1ccnc(-c2cc(C)ccn2)c1.Cc1ccnc(-c2cc(C)ccn2)c1.Cc1ccnc(-c2cc(C)ccn2)c1.[V]. The Morgan fingerprint density at radius 2 is 0.419 bits per heavy atom. The van der Waals surface area contributed by atoms with Gasteiger partial charge in [0, 0.05) is 55.7 Å². The van der Waals surface area contributed by atoms with Crippen molar-refractivity contribution < 1.29 is 18.6 Å². The molecule has 1 radical (unpaired) electrons. The van der Waals surface area contributed by atoms with Crippen molar-refractivity contribution in [1.82, 2.24) is 29.9 Å². The zero-order valence-corrected chi connectivity index (χ0v) is 26.9. The zero-order chi connectivity index (χ0) is 29.9. The smallest absolute Gasteiger partial charge is 0.0888 e. The van der Waals surface area contributed by atoms with Crippen LogP contribution in [0.15, 0.2) is 110 Å². The van der Waals surface area contributed by atoms with Gasteiger partial charge < -0.3 is 0 Å². The Labute approximate surface area is 266 Å². The molecule has 215 valence electrons. The Bertz CT molecular complexity index is 1430. The Hall–Kier alpha value is -4.52. The number of hydrogen-bond acceptors (Lipinski definition) is 6. The maximum absolute atomic E-state index is 4.29. The minimum atomic E-state index is 0. The monoisotopic (exact) mass is 603 g/mol. The fourth-order valence-corrected chi connectivity index (χ4v) is 4.06. The molecule has 0 fully saturated rings. The third-order valence-corrected chi connectivity index (χ3v) is 6.28. The van der Waals surface area contributed by atoms with Crippen molar-refractivity contribution in [3.63, 3.8) is 0 Å². The van der Waals surface area contributed by atoms with E-state index < -0.39 is 0 Å². The number of aryl methyl sites for hydroxylation is 6. The summed E-state index contributed by atoms with van der Waals surface area (Å²) in [6.07, 6.45) is 10.9. The standard InChI is InChI=1S/3C12H12N2.V/c3*1-9-3-5-13-11(7-9)12-8-10(2)4-6-14-12;/h3*3-8H,1-2H3;. The minimum absolute atomic E-state index is 0. The summed E-state index contributed by atoms with van der Waals surface area (Å²) in [7, 11) is 0. The normalized spacial score (nSPS) is 9.91. The average molecular weight is 604 g/mol. The van der Waals surface area contributed by atoms with Crippen LogP contribution in [-0.2, 0) is 18.6 Å². The van der Waals surface area contributed by atoms with Gasteiger partial charge in [0.1, 0.15) is 0 Å². The van der Waals surface area contributed by atoms with Crippen LogP contribution < -0.4 is 0 Å². The Morgan fingerprint density at radius 3 is 0.535 bits per heavy atom. The van der Waals surface area contributed by atoms with Crippen LogP contribution in [0.2, 0.25) is 0 Å². The fraction of sp³-hybridized carbons (Fsp3) is 0.167. The summed E-state index contributed by atoms with van der Waals surface area (Å²) in [5.74, 6) is 0. The van der Waals surface area contributed by atoms with Gasteiger partial charge in [0.15, 0.2) is 0 Å². The average Bonchev–Trinajstić information content (AvgIpc) is 2.98. The second-order valence-electron chi connectivity index (χ2n) is 10.3. The van der Waals surface area contributed by atoms with E-state index in [0.29, 0.717) is 0 Å². The summed E-state index contributed by atoms with van der Waals surface area (Å²) in [6.45, 7) is 12.3. The summed E-state index contributed by atoms with van der Waals surface area (Å²) in [5, 5.41) is 0. The molecule has 0 saturated heterocycles. The molecule has 6 nitrogen and oxygen atoms in total. The molecule has 0 N–H and O–H groups in total. The third kappa shape index (κ3) is 10.4. The van der Waals surface area contributed by atoms with Gasteiger partial charge in [-0.1, -0.05) is 0 Å². The van der Waals surface area contributed by atoms with Gasteiger partial charge in [0.25, 0.3) is 0 Å². The van der Waals surface area contributed by atoms with Crippen molar-refractivity contribution in [2.45, 2.75) is 41.5 Å². The van der Waals surface area contributed by atoms with E-state index in [1.54, 1.807) is 0 Å². The molecule has 0 aliphatic rings. The maximum atomic E-state index is 4.29. The second kappa shape index (κ2) is 16.2. The number of rotatable bonds is 3. The third-order valence-electron chi connectivity index (χ3n) is 6.28. The molecule has 6 rings (SSSR count). The molecule has 0 aromatic carbocycles. The molecule has 0 bridgehead atoms. The molecule has 7 heteroatoms. The molecule has 0 amide bonds. The minimum Gasteiger partial charge on any atom is -0.255 e. The van der Waals surface area contributed by atoms with Crippen LogP contribution in [0.5, 0.6) is 0 Å². The van der Waals surface area contributed by atoms with Crippen molar-refractivity contribution in [2.24, 2.45) is 0 Å². The van der Waals surface area contributed by atoms with Gasteiger partial charge >= 0.3 is 0 Å². The molecule has 0 saturated carbocycles. The van der Waals surface area contributed by atoms with Crippen LogP contribution in [0, 0.1) is 41.5 Å². The summed E-state index contributed by atoms with van der Waals surface area (Å²) in [6, 6.07) is 24.2. The summed E-state index contributed by atoms with van der Waals surface area (Å²) >= 11 is 0. The van der Waals surface area contributed by atoms with Crippen LogP contribution in [0.1, 0.15) is 33.4 Å². The van der Waals surface area contributed by atoms with Gasteiger partial charge in [-0.05, 0) is 148 Å². The largest absolute Gasteiger partial charge is 0.255 e. The van der Waals surface area contributed by atoms with Crippen molar-refractivity contribution in [3.05, 3.63) is 143 Å². The summed E-state index contributed by atoms with van der Waals surface area (Å²) < 4.78 is 0. The predicted octanol–water partition coefficient (Wildman–Crippen LogP) is 8.28. The van der Waals surface area contributed by atoms with Crippen molar-refractivity contribution in [3.8, 4) is 34.2 Å². The van der Waals surface area contributed by atoms with E-state index in [-0.39, 0.29) is 18.6 Å². The molecule has 6 aromatic rings. The molecule has 43 heavy (non-hydrogen) atoms. The van der Waals surface area contributed by atoms with Crippen LogP contribution in [0.4, 0.5) is 0 Å². The molecule has 0 atom stereocenters. The predicted molar refractivity (Wildman–Crippen MR) is 171 cm³/mol. The van der Waals surface area contributed by atoms with Gasteiger partial charge in [0.2, 0.25) is 0 Å². The number of nitrogens with zero attached hydrogens (tertiary/aromatic N) is 6. The van der Waals surface area contributed by atoms with E-state index in [4.69, 9.17) is 0 Å². The first-order valence-corrected chi connectivity index (χ1v) is 13.8. The second-order valence-corrected chi connectivity index (χ2v) is 10.3. The quantitative estimate of drug-likeness (QED) is 0.203. The van der Waals surface area contributed by atoms with Gasteiger partial charge in [-0.15, -0.1) is 0 Å². The fourth-order valence-electron chi connectivity index (χ4n) is 4.06. The van der Waals surface area contributed by atoms with Gasteiger partial charge in [0.05, 0.1) is 34.2 Å². The zero-order valence-electron chi connectivity index (χ0n) is 25.5. The Balaban J connectivity index is 0.000000175. The number of pyridine rings is 6. The summed E-state index contributed by atoms with van der Waals surface area (Å²) in [4.78, 5) is 25.7.